The molecule has 1 atom stereocenters. The summed E-state index contributed by atoms with van der Waals surface area (Å²) in [5.41, 5.74) is 2.10. The number of halogens is 1. The molecule has 7 heteroatoms. The first-order chi connectivity index (χ1) is 11.5. The number of hydrogen-bond donors (Lipinski definition) is 1. The molecule has 1 N–H and O–H groups in total. The summed E-state index contributed by atoms with van der Waals surface area (Å²) in [6.07, 6.45) is 6.73. The number of nitrogens with zero attached hydrogens (tertiary/aromatic N) is 4. The van der Waals surface area contributed by atoms with Gasteiger partial charge in [0.15, 0.2) is 0 Å². The Morgan fingerprint density at radius 2 is 2.04 bits per heavy atom. The van der Waals surface area contributed by atoms with E-state index >= 15 is 0 Å². The van der Waals surface area contributed by atoms with Crippen molar-refractivity contribution in [3.8, 4) is 0 Å². The van der Waals surface area contributed by atoms with E-state index in [2.05, 4.69) is 15.5 Å². The molecule has 3 aromatic rings. The molecule has 3 rings (SSSR count). The maximum atomic E-state index is 13.7. The Labute approximate surface area is 138 Å². The van der Waals surface area contributed by atoms with Crippen molar-refractivity contribution < 1.29 is 9.18 Å². The predicted octanol–water partition coefficient (Wildman–Crippen LogP) is 2.78. The molecule has 0 spiro atoms. The Hall–Kier alpha value is -2.96. The lowest BCUT2D eigenvalue weighted by Gasteiger charge is -2.11. The van der Waals surface area contributed by atoms with Gasteiger partial charge < -0.3 is 5.32 Å². The van der Waals surface area contributed by atoms with Gasteiger partial charge in [-0.3, -0.25) is 14.2 Å². The van der Waals surface area contributed by atoms with Crippen molar-refractivity contribution in [2.75, 3.05) is 5.32 Å². The molecule has 0 radical (unpaired) electrons. The smallest absolute Gasteiger partial charge is 0.249 e. The third-order valence-corrected chi connectivity index (χ3v) is 3.70. The van der Waals surface area contributed by atoms with Gasteiger partial charge in [0, 0.05) is 18.0 Å². The number of rotatable bonds is 5. The molecule has 1 unspecified atom stereocenters. The van der Waals surface area contributed by atoms with Crippen LogP contribution in [0, 0.1) is 12.7 Å². The molecule has 0 saturated carbocycles. The van der Waals surface area contributed by atoms with Crippen LogP contribution in [-0.4, -0.2) is 25.5 Å². The van der Waals surface area contributed by atoms with Crippen LogP contribution in [0.25, 0.3) is 0 Å². The molecule has 124 valence electrons. The zero-order valence-corrected chi connectivity index (χ0v) is 13.5. The standard InChI is InChI=1S/C17H18FN5O/c1-12-7-20-23(9-12)13(2)17(24)21-15-8-19-22(11-15)10-14-5-3-4-6-16(14)18/h3-9,11,13H,10H2,1-2H3,(H,21,24). The van der Waals surface area contributed by atoms with E-state index in [1.54, 1.807) is 53.1 Å². The van der Waals surface area contributed by atoms with Crippen molar-refractivity contribution in [3.05, 3.63) is 66.0 Å². The van der Waals surface area contributed by atoms with Gasteiger partial charge in [-0.25, -0.2) is 4.39 Å². The van der Waals surface area contributed by atoms with Crippen molar-refractivity contribution in [1.82, 2.24) is 19.6 Å². The maximum absolute atomic E-state index is 13.7. The fourth-order valence-corrected chi connectivity index (χ4v) is 2.33. The summed E-state index contributed by atoms with van der Waals surface area (Å²) in [5.74, 6) is -0.468. The number of nitrogens with one attached hydrogen (secondary N) is 1. The fourth-order valence-electron chi connectivity index (χ4n) is 2.33. The molecule has 1 aromatic carbocycles. The lowest BCUT2D eigenvalue weighted by atomic mass is 10.2. The summed E-state index contributed by atoms with van der Waals surface area (Å²) >= 11 is 0. The highest BCUT2D eigenvalue weighted by Gasteiger charge is 2.16. The second kappa shape index (κ2) is 6.66. The van der Waals surface area contributed by atoms with Gasteiger partial charge in [0.1, 0.15) is 11.9 Å². The van der Waals surface area contributed by atoms with Gasteiger partial charge in [0.25, 0.3) is 0 Å². The van der Waals surface area contributed by atoms with Crippen LogP contribution in [0.1, 0.15) is 24.1 Å². The first kappa shape index (κ1) is 15.9. The Kier molecular flexibility index (Phi) is 4.41. The van der Waals surface area contributed by atoms with Crippen LogP contribution in [-0.2, 0) is 11.3 Å². The molecule has 0 aliphatic heterocycles. The normalized spacial score (nSPS) is 12.1. The van der Waals surface area contributed by atoms with Gasteiger partial charge in [-0.1, -0.05) is 18.2 Å². The number of benzene rings is 1. The number of anilines is 1. The van der Waals surface area contributed by atoms with Crippen molar-refractivity contribution in [3.63, 3.8) is 0 Å². The Balaban J connectivity index is 1.65. The van der Waals surface area contributed by atoms with Crippen LogP contribution in [0.3, 0.4) is 0 Å². The first-order valence-electron chi connectivity index (χ1n) is 7.60. The molecule has 0 fully saturated rings. The van der Waals surface area contributed by atoms with Crippen LogP contribution in [0.5, 0.6) is 0 Å². The number of aryl methyl sites for hydroxylation is 1. The highest BCUT2D eigenvalue weighted by molar-refractivity contribution is 5.93. The number of carbonyl (C=O) groups excluding carboxylic acids is 1. The van der Waals surface area contributed by atoms with Crippen molar-refractivity contribution in [2.45, 2.75) is 26.4 Å². The topological polar surface area (TPSA) is 64.7 Å². The summed E-state index contributed by atoms with van der Waals surface area (Å²) in [7, 11) is 0. The summed E-state index contributed by atoms with van der Waals surface area (Å²) in [4.78, 5) is 12.3. The third kappa shape index (κ3) is 3.51. The monoisotopic (exact) mass is 327 g/mol. The SMILES string of the molecule is Cc1cnn(C(C)C(=O)Nc2cnn(Cc3ccccc3F)c2)c1. The summed E-state index contributed by atoms with van der Waals surface area (Å²) in [6, 6.07) is 6.10. The van der Waals surface area contributed by atoms with E-state index in [0.717, 1.165) is 5.56 Å². The van der Waals surface area contributed by atoms with Gasteiger partial charge in [0.2, 0.25) is 5.91 Å². The molecular weight excluding hydrogens is 309 g/mol. The average Bonchev–Trinajstić information content (AvgIpc) is 3.18. The lowest BCUT2D eigenvalue weighted by molar-refractivity contribution is -0.119. The number of aromatic nitrogens is 4. The Morgan fingerprint density at radius 1 is 1.25 bits per heavy atom. The van der Waals surface area contributed by atoms with Crippen LogP contribution in [0.4, 0.5) is 10.1 Å². The molecular formula is C17H18FN5O. The zero-order chi connectivity index (χ0) is 17.1. The van der Waals surface area contributed by atoms with E-state index in [0.29, 0.717) is 17.8 Å². The first-order valence-corrected chi connectivity index (χ1v) is 7.60. The molecule has 6 nitrogen and oxygen atoms in total. The molecule has 0 bridgehead atoms. The molecule has 0 aliphatic rings. The summed E-state index contributed by atoms with van der Waals surface area (Å²) in [6.45, 7) is 3.99. The van der Waals surface area contributed by atoms with Gasteiger partial charge in [-0.15, -0.1) is 0 Å². The highest BCUT2D eigenvalue weighted by atomic mass is 19.1. The number of amides is 1. The van der Waals surface area contributed by atoms with E-state index in [1.807, 2.05) is 13.1 Å². The van der Waals surface area contributed by atoms with Gasteiger partial charge >= 0.3 is 0 Å². The van der Waals surface area contributed by atoms with Gasteiger partial charge in [-0.2, -0.15) is 10.2 Å². The van der Waals surface area contributed by atoms with Crippen molar-refractivity contribution >= 4 is 11.6 Å². The van der Waals surface area contributed by atoms with Crippen molar-refractivity contribution in [1.29, 1.82) is 0 Å². The van der Waals surface area contributed by atoms with Gasteiger partial charge in [-0.05, 0) is 25.5 Å². The highest BCUT2D eigenvalue weighted by Crippen LogP contribution is 2.13. The van der Waals surface area contributed by atoms with Crippen molar-refractivity contribution in [2.24, 2.45) is 0 Å². The van der Waals surface area contributed by atoms with E-state index in [1.165, 1.54) is 6.07 Å². The largest absolute Gasteiger partial charge is 0.322 e. The average molecular weight is 327 g/mol. The van der Waals surface area contributed by atoms with Crippen LogP contribution < -0.4 is 5.32 Å². The summed E-state index contributed by atoms with van der Waals surface area (Å²) < 4.78 is 16.9. The minimum atomic E-state index is -0.436. The minimum Gasteiger partial charge on any atom is -0.322 e. The van der Waals surface area contributed by atoms with E-state index in [-0.39, 0.29) is 11.7 Å². The Morgan fingerprint density at radius 3 is 2.75 bits per heavy atom. The Bertz CT molecular complexity index is 854. The minimum absolute atomic E-state index is 0.191. The summed E-state index contributed by atoms with van der Waals surface area (Å²) in [5, 5.41) is 11.1. The van der Waals surface area contributed by atoms with Gasteiger partial charge in [0.05, 0.1) is 24.6 Å². The fraction of sp³-hybridized carbons (Fsp3) is 0.235. The quantitative estimate of drug-likeness (QED) is 0.784. The van der Waals surface area contributed by atoms with Crippen LogP contribution in [0.2, 0.25) is 0 Å². The van der Waals surface area contributed by atoms with Crippen LogP contribution >= 0.6 is 0 Å². The molecule has 2 aromatic heterocycles. The van der Waals surface area contributed by atoms with Crippen LogP contribution in [0.15, 0.2) is 49.1 Å². The predicted molar refractivity (Wildman–Crippen MR) is 88.0 cm³/mol. The lowest BCUT2D eigenvalue weighted by Crippen LogP contribution is -2.23. The van der Waals surface area contributed by atoms with E-state index < -0.39 is 6.04 Å². The van der Waals surface area contributed by atoms with E-state index in [4.69, 9.17) is 0 Å². The molecule has 2 heterocycles. The molecule has 0 saturated heterocycles. The molecule has 24 heavy (non-hydrogen) atoms. The third-order valence-electron chi connectivity index (χ3n) is 3.70. The van der Waals surface area contributed by atoms with E-state index in [9.17, 15) is 9.18 Å². The number of carbonyl (C=O) groups is 1. The molecule has 0 aliphatic carbocycles. The zero-order valence-electron chi connectivity index (χ0n) is 13.5. The molecule has 1 amide bonds. The second-order valence-electron chi connectivity index (χ2n) is 5.68. The number of hydrogen-bond acceptors (Lipinski definition) is 3. The second-order valence-corrected chi connectivity index (χ2v) is 5.68. The maximum Gasteiger partial charge on any atom is 0.249 e.